The number of nitrogens with zero attached hydrogens (tertiary/aromatic N) is 2. The lowest BCUT2D eigenvalue weighted by molar-refractivity contribution is -0.894. The minimum atomic E-state index is -0.145. The summed E-state index contributed by atoms with van der Waals surface area (Å²) in [4.78, 5) is 12.6. The van der Waals surface area contributed by atoms with E-state index in [1.54, 1.807) is 0 Å². The fourth-order valence-corrected chi connectivity index (χ4v) is 2.18. The van der Waals surface area contributed by atoms with Crippen LogP contribution >= 0.6 is 11.8 Å². The second-order valence-electron chi connectivity index (χ2n) is 4.21. The van der Waals surface area contributed by atoms with Crippen LogP contribution in [0.1, 0.15) is 25.3 Å². The molecule has 1 amide bonds. The van der Waals surface area contributed by atoms with Crippen molar-refractivity contribution in [3.63, 3.8) is 0 Å². The summed E-state index contributed by atoms with van der Waals surface area (Å²) in [6, 6.07) is 0.178. The number of amides is 1. The van der Waals surface area contributed by atoms with Crippen molar-refractivity contribution in [3.05, 3.63) is 5.89 Å². The first-order valence-corrected chi connectivity index (χ1v) is 7.03. The lowest BCUT2D eigenvalue weighted by Crippen LogP contribution is -3.06. The molecule has 1 heterocycles. The van der Waals surface area contributed by atoms with Crippen molar-refractivity contribution in [1.29, 1.82) is 0 Å². The number of thioether (sulfide) groups is 1. The third kappa shape index (κ3) is 4.93. The van der Waals surface area contributed by atoms with Crippen LogP contribution in [0.25, 0.3) is 0 Å². The summed E-state index contributed by atoms with van der Waals surface area (Å²) < 4.78 is 5.55. The van der Waals surface area contributed by atoms with Crippen molar-refractivity contribution in [2.75, 3.05) is 26.4 Å². The molecule has 19 heavy (non-hydrogen) atoms. The average Bonchev–Trinajstić information content (AvgIpc) is 2.83. The topological polar surface area (TPSA) is 72.5 Å². The van der Waals surface area contributed by atoms with Gasteiger partial charge in [0.25, 0.3) is 11.1 Å². The Morgan fingerprint density at radius 1 is 1.58 bits per heavy atom. The van der Waals surface area contributed by atoms with Gasteiger partial charge in [-0.1, -0.05) is 24.6 Å². The molecule has 1 rings (SSSR count). The number of hydrogen-bond acceptors (Lipinski definition) is 5. The highest BCUT2D eigenvalue weighted by molar-refractivity contribution is 7.99. The molecule has 0 spiro atoms. The second kappa shape index (κ2) is 7.81. The second-order valence-corrected chi connectivity index (χ2v) is 5.14. The molecule has 0 saturated carbocycles. The molecule has 0 unspecified atom stereocenters. The highest BCUT2D eigenvalue weighted by atomic mass is 32.2. The van der Waals surface area contributed by atoms with E-state index in [4.69, 9.17) is 10.8 Å². The van der Waals surface area contributed by atoms with Gasteiger partial charge in [0.1, 0.15) is 0 Å². The molecule has 0 aliphatic heterocycles. The molecule has 104 valence electrons. The monoisotopic (exact) mass is 283 g/mol. The van der Waals surface area contributed by atoms with E-state index in [1.165, 1.54) is 16.7 Å². The third-order valence-electron chi connectivity index (χ3n) is 2.54. The number of hydrogen-bond donors (Lipinski definition) is 2. The van der Waals surface area contributed by atoms with E-state index in [0.717, 1.165) is 6.42 Å². The molecule has 0 saturated heterocycles. The number of carbonyl (C=O) groups excluding carboxylic acids is 1. The standard InChI is InChI=1S/C12H18N4O2S/c1-5-7-13-10(17)8-19-12-15-14-11(18-12)9(6-2)16(3)4/h1,9H,6-8H2,2-4H3,(H,13,17)/p+1/t9-/m0/s1. The summed E-state index contributed by atoms with van der Waals surface area (Å²) in [6.07, 6.45) is 5.96. The smallest absolute Gasteiger partial charge is 0.277 e. The first kappa shape index (κ1) is 15.5. The van der Waals surface area contributed by atoms with Crippen LogP contribution in [0.5, 0.6) is 0 Å². The first-order chi connectivity index (χ1) is 9.08. The number of aromatic nitrogens is 2. The van der Waals surface area contributed by atoms with Crippen LogP contribution in [0.2, 0.25) is 0 Å². The van der Waals surface area contributed by atoms with Gasteiger partial charge in [0.2, 0.25) is 5.91 Å². The molecule has 1 aromatic rings. The van der Waals surface area contributed by atoms with Crippen LogP contribution in [0.15, 0.2) is 9.64 Å². The highest BCUT2D eigenvalue weighted by Gasteiger charge is 2.22. The molecule has 7 heteroatoms. The maximum atomic E-state index is 11.4. The number of carbonyl (C=O) groups is 1. The van der Waals surface area contributed by atoms with E-state index in [1.807, 2.05) is 14.1 Å². The van der Waals surface area contributed by atoms with Crippen LogP contribution in [0.4, 0.5) is 0 Å². The molecule has 0 aliphatic rings. The Kier molecular flexibility index (Phi) is 6.39. The van der Waals surface area contributed by atoms with Gasteiger partial charge in [0.15, 0.2) is 6.04 Å². The molecule has 0 aliphatic carbocycles. The molecular formula is C12H19N4O2S+. The maximum Gasteiger partial charge on any atom is 0.277 e. The molecule has 0 bridgehead atoms. The third-order valence-corrected chi connectivity index (χ3v) is 3.36. The summed E-state index contributed by atoms with van der Waals surface area (Å²) in [6.45, 7) is 2.30. The summed E-state index contributed by atoms with van der Waals surface area (Å²) in [7, 11) is 4.08. The van der Waals surface area contributed by atoms with E-state index in [2.05, 4.69) is 28.4 Å². The molecule has 0 fully saturated rings. The largest absolute Gasteiger partial charge is 0.410 e. The van der Waals surface area contributed by atoms with Gasteiger partial charge in [0.05, 0.1) is 26.4 Å². The van der Waals surface area contributed by atoms with Crippen molar-refractivity contribution in [2.24, 2.45) is 0 Å². The number of quaternary nitrogens is 1. The van der Waals surface area contributed by atoms with E-state index in [0.29, 0.717) is 11.1 Å². The molecule has 0 radical (unpaired) electrons. The van der Waals surface area contributed by atoms with Gasteiger partial charge in [-0.15, -0.1) is 16.6 Å². The van der Waals surface area contributed by atoms with Crippen molar-refractivity contribution >= 4 is 17.7 Å². The van der Waals surface area contributed by atoms with E-state index in [-0.39, 0.29) is 24.2 Å². The predicted molar refractivity (Wildman–Crippen MR) is 72.7 cm³/mol. The van der Waals surface area contributed by atoms with Crippen molar-refractivity contribution < 1.29 is 14.1 Å². The van der Waals surface area contributed by atoms with Crippen LogP contribution < -0.4 is 10.2 Å². The Hall–Kier alpha value is -1.52. The van der Waals surface area contributed by atoms with Gasteiger partial charge in [0, 0.05) is 6.42 Å². The summed E-state index contributed by atoms with van der Waals surface area (Å²) in [5.74, 6) is 3.02. The quantitative estimate of drug-likeness (QED) is 0.522. The van der Waals surface area contributed by atoms with Gasteiger partial charge in [-0.2, -0.15) is 0 Å². The lowest BCUT2D eigenvalue weighted by Gasteiger charge is -2.15. The summed E-state index contributed by atoms with van der Waals surface area (Å²) in [5, 5.41) is 10.9. The van der Waals surface area contributed by atoms with Crippen molar-refractivity contribution in [2.45, 2.75) is 24.6 Å². The van der Waals surface area contributed by atoms with Gasteiger partial charge in [-0.3, -0.25) is 4.79 Å². The Morgan fingerprint density at radius 2 is 2.32 bits per heavy atom. The van der Waals surface area contributed by atoms with E-state index >= 15 is 0 Å². The van der Waals surface area contributed by atoms with Gasteiger partial charge in [-0.25, -0.2) is 0 Å². The van der Waals surface area contributed by atoms with E-state index < -0.39 is 0 Å². The zero-order chi connectivity index (χ0) is 14.3. The molecule has 1 aromatic heterocycles. The van der Waals surface area contributed by atoms with Gasteiger partial charge < -0.3 is 14.6 Å². The molecule has 6 nitrogen and oxygen atoms in total. The highest BCUT2D eigenvalue weighted by Crippen LogP contribution is 2.19. The van der Waals surface area contributed by atoms with Crippen molar-refractivity contribution in [1.82, 2.24) is 15.5 Å². The van der Waals surface area contributed by atoms with Crippen LogP contribution in [-0.4, -0.2) is 42.5 Å². The minimum Gasteiger partial charge on any atom is -0.410 e. The Bertz CT molecular complexity index is 453. The predicted octanol–water partition coefficient (Wildman–Crippen LogP) is -0.493. The maximum absolute atomic E-state index is 11.4. The fraction of sp³-hybridized carbons (Fsp3) is 0.583. The molecule has 0 aromatic carbocycles. The van der Waals surface area contributed by atoms with Gasteiger partial charge in [-0.05, 0) is 0 Å². The van der Waals surface area contributed by atoms with Crippen molar-refractivity contribution in [3.8, 4) is 12.3 Å². The average molecular weight is 283 g/mol. The minimum absolute atomic E-state index is 0.145. The van der Waals surface area contributed by atoms with Crippen LogP contribution in [0.3, 0.4) is 0 Å². The Morgan fingerprint density at radius 3 is 2.89 bits per heavy atom. The summed E-state index contributed by atoms with van der Waals surface area (Å²) >= 11 is 1.21. The molecular weight excluding hydrogens is 264 g/mol. The van der Waals surface area contributed by atoms with Gasteiger partial charge >= 0.3 is 0 Å². The SMILES string of the molecule is C#CCNC(=O)CSc1nnc([C@H](CC)[NH+](C)C)o1. The Balaban J connectivity index is 2.51. The Labute approximate surface area is 117 Å². The lowest BCUT2D eigenvalue weighted by atomic mass is 10.2. The fourth-order valence-electron chi connectivity index (χ4n) is 1.58. The number of nitrogens with one attached hydrogen (secondary N) is 2. The van der Waals surface area contributed by atoms with E-state index in [9.17, 15) is 4.79 Å². The zero-order valence-corrected chi connectivity index (χ0v) is 12.2. The number of rotatable bonds is 7. The number of terminal acetylenes is 1. The normalized spacial score (nSPS) is 12.2. The van der Waals surface area contributed by atoms with Crippen LogP contribution in [0, 0.1) is 12.3 Å². The molecule has 2 N–H and O–H groups in total. The first-order valence-electron chi connectivity index (χ1n) is 6.04. The molecule has 1 atom stereocenters. The summed E-state index contributed by atoms with van der Waals surface area (Å²) in [5.41, 5.74) is 0. The van der Waals surface area contributed by atoms with Crippen LogP contribution in [-0.2, 0) is 4.79 Å². The zero-order valence-electron chi connectivity index (χ0n) is 11.4.